The van der Waals surface area contributed by atoms with Crippen molar-refractivity contribution in [2.24, 2.45) is 5.92 Å². The molecule has 0 bridgehead atoms. The van der Waals surface area contributed by atoms with Crippen molar-refractivity contribution in [3.63, 3.8) is 0 Å². The summed E-state index contributed by atoms with van der Waals surface area (Å²) in [5, 5.41) is 0. The summed E-state index contributed by atoms with van der Waals surface area (Å²) in [4.78, 5) is 13.9. The summed E-state index contributed by atoms with van der Waals surface area (Å²) >= 11 is 11.0. The number of urea groups is 1. The van der Waals surface area contributed by atoms with E-state index in [1.807, 2.05) is 44.2 Å². The lowest BCUT2D eigenvalue weighted by Crippen LogP contribution is -2.41. The third-order valence-corrected chi connectivity index (χ3v) is 3.83. The maximum Gasteiger partial charge on any atom is 0.350 e. The topological polar surface area (TPSA) is 35.6 Å². The average molecular weight is 338 g/mol. The van der Waals surface area contributed by atoms with Crippen LogP contribution in [0.1, 0.15) is 13.8 Å². The average Bonchev–Trinajstić information content (AvgIpc) is 2.66. The molecular formula is C12H14Cl2FN3OS. The molecule has 1 aromatic carbocycles. The number of halogens is 3. The number of rotatable bonds is 4. The molecular weight excluding hydrogens is 324 g/mol. The molecule has 2 amide bonds. The Hall–Kier alpha value is -0.690. The lowest BCUT2D eigenvalue weighted by atomic mass is 10.1. The molecule has 1 aliphatic heterocycles. The first-order valence-electron chi connectivity index (χ1n) is 6.00. The largest absolute Gasteiger partial charge is 0.350 e. The molecule has 2 rings (SSSR count). The Bertz CT molecular complexity index is 483. The first-order valence-corrected chi connectivity index (χ1v) is 7.53. The van der Waals surface area contributed by atoms with Gasteiger partial charge in [0.25, 0.3) is 0 Å². The zero-order valence-corrected chi connectivity index (χ0v) is 13.2. The third kappa shape index (κ3) is 3.49. The van der Waals surface area contributed by atoms with Crippen LogP contribution in [0.2, 0.25) is 0 Å². The molecule has 0 radical (unpaired) electrons. The van der Waals surface area contributed by atoms with E-state index >= 15 is 0 Å². The Morgan fingerprint density at radius 1 is 1.35 bits per heavy atom. The molecule has 4 nitrogen and oxygen atoms in total. The predicted molar refractivity (Wildman–Crippen MR) is 81.1 cm³/mol. The van der Waals surface area contributed by atoms with Crippen LogP contribution in [-0.2, 0) is 0 Å². The maximum absolute atomic E-state index is 13.3. The van der Waals surface area contributed by atoms with Crippen molar-refractivity contribution in [2.75, 3.05) is 4.90 Å². The Balaban J connectivity index is 2.27. The second kappa shape index (κ2) is 5.97. The fraction of sp³-hybridized carbons (Fsp3) is 0.417. The lowest BCUT2D eigenvalue weighted by Gasteiger charge is -2.25. The molecule has 1 heterocycles. The molecule has 110 valence electrons. The minimum Gasteiger partial charge on any atom is -0.275 e. The number of benzene rings is 1. The number of nitrogens with one attached hydrogen (secondary N) is 1. The van der Waals surface area contributed by atoms with E-state index in [0.717, 1.165) is 10.1 Å². The highest BCUT2D eigenvalue weighted by molar-refractivity contribution is 8.01. The van der Waals surface area contributed by atoms with Gasteiger partial charge in [-0.2, -0.15) is 14.2 Å². The van der Waals surface area contributed by atoms with Gasteiger partial charge >= 0.3 is 9.95 Å². The summed E-state index contributed by atoms with van der Waals surface area (Å²) in [6.07, 6.45) is -0.298. The molecule has 1 unspecified atom stereocenters. The van der Waals surface area contributed by atoms with Crippen molar-refractivity contribution in [3.8, 4) is 0 Å². The fourth-order valence-electron chi connectivity index (χ4n) is 1.93. The summed E-state index contributed by atoms with van der Waals surface area (Å²) in [5.74, 6) is 0.115. The van der Waals surface area contributed by atoms with Crippen LogP contribution in [0.3, 0.4) is 0 Å². The number of anilines is 1. The van der Waals surface area contributed by atoms with E-state index in [2.05, 4.69) is 5.43 Å². The summed E-state index contributed by atoms with van der Waals surface area (Å²) in [7, 11) is 0. The van der Waals surface area contributed by atoms with Crippen LogP contribution >= 0.6 is 35.1 Å². The van der Waals surface area contributed by atoms with E-state index in [1.54, 1.807) is 4.90 Å². The van der Waals surface area contributed by atoms with Gasteiger partial charge in [-0.3, -0.25) is 4.90 Å². The number of carbonyl (C=O) groups is 1. The van der Waals surface area contributed by atoms with Crippen molar-refractivity contribution in [1.29, 1.82) is 0 Å². The zero-order chi connectivity index (χ0) is 14.9. The first-order chi connectivity index (χ1) is 9.29. The highest BCUT2D eigenvalue weighted by Gasteiger charge is 2.43. The molecule has 1 N–H and O–H groups in total. The molecule has 0 aliphatic carbocycles. The van der Waals surface area contributed by atoms with Crippen molar-refractivity contribution in [1.82, 2.24) is 9.84 Å². The van der Waals surface area contributed by atoms with E-state index in [4.69, 9.17) is 23.2 Å². The SMILES string of the molecule is CC(C)C1NN(SC(F)(Cl)Cl)C(=O)N1c1ccccc1. The van der Waals surface area contributed by atoms with Crippen molar-refractivity contribution in [3.05, 3.63) is 30.3 Å². The molecule has 1 fully saturated rings. The van der Waals surface area contributed by atoms with Crippen LogP contribution in [0.5, 0.6) is 0 Å². The van der Waals surface area contributed by atoms with Gasteiger partial charge in [-0.1, -0.05) is 55.2 Å². The monoisotopic (exact) mass is 337 g/mol. The summed E-state index contributed by atoms with van der Waals surface area (Å²) in [5.41, 5.74) is 3.63. The molecule has 0 aromatic heterocycles. The van der Waals surface area contributed by atoms with Gasteiger partial charge in [0.15, 0.2) is 0 Å². The number of nitrogens with zero attached hydrogens (tertiary/aromatic N) is 2. The molecule has 1 aliphatic rings. The lowest BCUT2D eigenvalue weighted by molar-refractivity contribution is 0.235. The highest BCUT2D eigenvalue weighted by Crippen LogP contribution is 2.40. The van der Waals surface area contributed by atoms with Gasteiger partial charge in [0, 0.05) is 17.6 Å². The Kier molecular flexibility index (Phi) is 4.69. The zero-order valence-electron chi connectivity index (χ0n) is 10.9. The number of carbonyl (C=O) groups excluding carboxylic acids is 1. The van der Waals surface area contributed by atoms with Gasteiger partial charge in [0.1, 0.15) is 6.17 Å². The Labute approximate surface area is 131 Å². The van der Waals surface area contributed by atoms with Crippen molar-refractivity contribution < 1.29 is 9.18 Å². The number of para-hydroxylation sites is 1. The van der Waals surface area contributed by atoms with Gasteiger partial charge in [-0.25, -0.2) is 4.79 Å². The number of amides is 2. The molecule has 8 heteroatoms. The van der Waals surface area contributed by atoms with E-state index in [9.17, 15) is 9.18 Å². The third-order valence-electron chi connectivity index (χ3n) is 2.77. The Morgan fingerprint density at radius 3 is 2.45 bits per heavy atom. The number of hydrogen-bond acceptors (Lipinski definition) is 3. The van der Waals surface area contributed by atoms with Crippen molar-refractivity contribution in [2.45, 2.75) is 23.9 Å². The normalized spacial score (nSPS) is 20.1. The smallest absolute Gasteiger partial charge is 0.275 e. The molecule has 1 aromatic rings. The van der Waals surface area contributed by atoms with E-state index in [1.165, 1.54) is 0 Å². The number of alkyl halides is 3. The summed E-state index contributed by atoms with van der Waals surface area (Å²) in [6.45, 7) is 3.91. The van der Waals surface area contributed by atoms with Crippen LogP contribution in [0.15, 0.2) is 30.3 Å². The molecule has 1 saturated heterocycles. The van der Waals surface area contributed by atoms with Crippen LogP contribution in [-0.4, -0.2) is 20.5 Å². The highest BCUT2D eigenvalue weighted by atomic mass is 35.5. The fourth-order valence-corrected chi connectivity index (χ4v) is 2.87. The van der Waals surface area contributed by atoms with E-state index in [-0.39, 0.29) is 12.1 Å². The molecule has 0 saturated carbocycles. The predicted octanol–water partition coefficient (Wildman–Crippen LogP) is 4.12. The molecule has 0 spiro atoms. The second-order valence-electron chi connectivity index (χ2n) is 4.64. The van der Waals surface area contributed by atoms with Gasteiger partial charge in [-0.15, -0.1) is 0 Å². The molecule has 1 atom stereocenters. The Morgan fingerprint density at radius 2 is 1.95 bits per heavy atom. The number of hydrazine groups is 1. The standard InChI is InChI=1S/C12H14Cl2FN3OS/c1-8(2)10-16-18(20-12(13,14)15)11(19)17(10)9-6-4-3-5-7-9/h3-8,10,16H,1-2H3. The van der Waals surface area contributed by atoms with Crippen molar-refractivity contribution >= 4 is 46.9 Å². The summed E-state index contributed by atoms with van der Waals surface area (Å²) in [6, 6.07) is 8.73. The minimum atomic E-state index is -2.57. The van der Waals surface area contributed by atoms with Crippen LogP contribution in [0.4, 0.5) is 14.9 Å². The van der Waals surface area contributed by atoms with Crippen LogP contribution < -0.4 is 10.3 Å². The number of hydrogen-bond donors (Lipinski definition) is 1. The maximum atomic E-state index is 13.3. The van der Waals surface area contributed by atoms with Gasteiger partial charge in [-0.05, 0) is 18.1 Å². The van der Waals surface area contributed by atoms with Crippen LogP contribution in [0, 0.1) is 5.92 Å². The molecule has 20 heavy (non-hydrogen) atoms. The van der Waals surface area contributed by atoms with Gasteiger partial charge in [0.2, 0.25) is 0 Å². The van der Waals surface area contributed by atoms with E-state index < -0.39 is 9.95 Å². The first kappa shape index (κ1) is 15.7. The van der Waals surface area contributed by atoms with Crippen LogP contribution in [0.25, 0.3) is 0 Å². The second-order valence-corrected chi connectivity index (χ2v) is 7.43. The van der Waals surface area contributed by atoms with E-state index in [0.29, 0.717) is 11.9 Å². The summed E-state index contributed by atoms with van der Waals surface area (Å²) < 4.78 is 11.8. The quantitative estimate of drug-likeness (QED) is 0.663. The minimum absolute atomic E-state index is 0.115. The van der Waals surface area contributed by atoms with Gasteiger partial charge in [0.05, 0.1) is 0 Å². The van der Waals surface area contributed by atoms with Gasteiger partial charge < -0.3 is 0 Å².